The number of aliphatic hydroxyl groups is 1. The summed E-state index contributed by atoms with van der Waals surface area (Å²) >= 11 is 0. The highest BCUT2D eigenvalue weighted by Gasteiger charge is 2.29. The average Bonchev–Trinajstić information content (AvgIpc) is 3.39. The van der Waals surface area contributed by atoms with Crippen molar-refractivity contribution in [3.8, 4) is 0 Å². The molecule has 0 amide bonds. The topological polar surface area (TPSA) is 33.1 Å². The monoisotopic (exact) mass is 279 g/mol. The summed E-state index contributed by atoms with van der Waals surface area (Å²) in [5.41, 5.74) is 4.86. The van der Waals surface area contributed by atoms with Crippen LogP contribution < -0.4 is 0 Å². The van der Waals surface area contributed by atoms with Crippen LogP contribution in [-0.2, 0) is 6.42 Å². The largest absolute Gasteiger partial charge is 0.388 e. The van der Waals surface area contributed by atoms with E-state index in [4.69, 9.17) is 0 Å². The van der Waals surface area contributed by atoms with Crippen LogP contribution in [0.3, 0.4) is 0 Å². The summed E-state index contributed by atoms with van der Waals surface area (Å²) in [7, 11) is 0. The van der Waals surface area contributed by atoms with E-state index in [9.17, 15) is 5.11 Å². The van der Waals surface area contributed by atoms with Crippen LogP contribution >= 0.6 is 0 Å². The lowest BCUT2D eigenvalue weighted by atomic mass is 9.81. The molecular formula is C19H21NO. The van der Waals surface area contributed by atoms with Gasteiger partial charge in [-0.2, -0.15) is 0 Å². The van der Waals surface area contributed by atoms with Gasteiger partial charge in [-0.15, -0.1) is 0 Å². The molecule has 0 bridgehead atoms. The van der Waals surface area contributed by atoms with E-state index in [1.807, 2.05) is 12.3 Å². The van der Waals surface area contributed by atoms with Crippen LogP contribution in [0.1, 0.15) is 66.0 Å². The maximum absolute atomic E-state index is 10.8. The first-order valence-electron chi connectivity index (χ1n) is 8.04. The van der Waals surface area contributed by atoms with Crippen molar-refractivity contribution in [2.45, 2.75) is 50.0 Å². The van der Waals surface area contributed by atoms with E-state index in [2.05, 4.69) is 35.3 Å². The van der Waals surface area contributed by atoms with Gasteiger partial charge in [-0.3, -0.25) is 4.98 Å². The fourth-order valence-electron chi connectivity index (χ4n) is 3.57. The Morgan fingerprint density at radius 3 is 2.62 bits per heavy atom. The number of fused-ring (bicyclic) bond motifs is 1. The van der Waals surface area contributed by atoms with Gasteiger partial charge in [0.2, 0.25) is 0 Å². The molecule has 1 heterocycles. The summed E-state index contributed by atoms with van der Waals surface area (Å²) in [5.74, 6) is 0.912. The molecule has 21 heavy (non-hydrogen) atoms. The van der Waals surface area contributed by atoms with Gasteiger partial charge in [0.15, 0.2) is 0 Å². The molecule has 108 valence electrons. The Balaban J connectivity index is 1.61. The second-order valence-electron chi connectivity index (χ2n) is 6.43. The lowest BCUT2D eigenvalue weighted by Crippen LogP contribution is -2.18. The number of aromatic nitrogens is 1. The maximum atomic E-state index is 10.8. The Morgan fingerprint density at radius 1 is 1.05 bits per heavy atom. The predicted octanol–water partition coefficient (Wildman–Crippen LogP) is 4.11. The molecule has 2 heteroatoms. The molecule has 1 aromatic carbocycles. The van der Waals surface area contributed by atoms with Crippen LogP contribution in [0, 0.1) is 0 Å². The minimum atomic E-state index is -0.438. The van der Waals surface area contributed by atoms with Crippen LogP contribution in [0.25, 0.3) is 0 Å². The molecule has 2 atom stereocenters. The highest BCUT2D eigenvalue weighted by molar-refractivity contribution is 5.33. The van der Waals surface area contributed by atoms with Crippen molar-refractivity contribution in [3.63, 3.8) is 0 Å². The highest BCUT2D eigenvalue weighted by atomic mass is 16.3. The third kappa shape index (κ3) is 2.49. The second-order valence-corrected chi connectivity index (χ2v) is 6.43. The normalized spacial score (nSPS) is 22.6. The van der Waals surface area contributed by atoms with E-state index in [1.165, 1.54) is 24.0 Å². The van der Waals surface area contributed by atoms with Gasteiger partial charge in [0, 0.05) is 17.8 Å². The Hall–Kier alpha value is -1.67. The molecule has 1 fully saturated rings. The van der Waals surface area contributed by atoms with Gasteiger partial charge >= 0.3 is 0 Å². The van der Waals surface area contributed by atoms with Gasteiger partial charge in [-0.1, -0.05) is 30.3 Å². The maximum Gasteiger partial charge on any atom is 0.0873 e. The van der Waals surface area contributed by atoms with Gasteiger partial charge in [0.05, 0.1) is 6.10 Å². The van der Waals surface area contributed by atoms with E-state index in [0.717, 1.165) is 36.4 Å². The van der Waals surface area contributed by atoms with Gasteiger partial charge in [-0.05, 0) is 60.8 Å². The summed E-state index contributed by atoms with van der Waals surface area (Å²) < 4.78 is 0. The molecule has 0 aliphatic heterocycles. The quantitative estimate of drug-likeness (QED) is 0.917. The van der Waals surface area contributed by atoms with E-state index in [0.29, 0.717) is 0 Å². The van der Waals surface area contributed by atoms with Gasteiger partial charge < -0.3 is 5.11 Å². The van der Waals surface area contributed by atoms with Gasteiger partial charge in [0.1, 0.15) is 0 Å². The minimum absolute atomic E-state index is 0.140. The van der Waals surface area contributed by atoms with Crippen molar-refractivity contribution in [1.82, 2.24) is 4.98 Å². The van der Waals surface area contributed by atoms with E-state index in [1.54, 1.807) is 0 Å². The number of nitrogens with zero attached hydrogens (tertiary/aromatic N) is 1. The molecule has 2 unspecified atom stereocenters. The Morgan fingerprint density at radius 2 is 1.86 bits per heavy atom. The molecule has 0 radical (unpaired) electrons. The Bertz CT molecular complexity index is 630. The van der Waals surface area contributed by atoms with Crippen LogP contribution in [0.4, 0.5) is 0 Å². The van der Waals surface area contributed by atoms with Crippen molar-refractivity contribution in [2.24, 2.45) is 0 Å². The van der Waals surface area contributed by atoms with E-state index < -0.39 is 6.10 Å². The predicted molar refractivity (Wildman–Crippen MR) is 83.3 cm³/mol. The minimum Gasteiger partial charge on any atom is -0.388 e. The van der Waals surface area contributed by atoms with Crippen LogP contribution in [0.2, 0.25) is 0 Å². The molecule has 1 aromatic heterocycles. The molecular weight excluding hydrogens is 258 g/mol. The SMILES string of the molecule is OC(c1ccc(C2CC2)cc1)C1CCCc2cccnc21. The van der Waals surface area contributed by atoms with Crippen LogP contribution in [0.5, 0.6) is 0 Å². The zero-order valence-corrected chi connectivity index (χ0v) is 12.2. The molecule has 1 N–H and O–H groups in total. The summed E-state index contributed by atoms with van der Waals surface area (Å²) in [4.78, 5) is 4.54. The number of benzene rings is 1. The summed E-state index contributed by atoms with van der Waals surface area (Å²) in [5, 5.41) is 10.8. The third-order valence-corrected chi connectivity index (χ3v) is 4.95. The molecule has 2 aliphatic rings. The first kappa shape index (κ1) is 13.0. The Kier molecular flexibility index (Phi) is 3.27. The van der Waals surface area contributed by atoms with Gasteiger partial charge in [-0.25, -0.2) is 0 Å². The zero-order valence-electron chi connectivity index (χ0n) is 12.2. The number of hydrogen-bond acceptors (Lipinski definition) is 2. The van der Waals surface area contributed by atoms with Crippen molar-refractivity contribution in [3.05, 3.63) is 65.0 Å². The number of hydrogen-bond donors (Lipinski definition) is 1. The van der Waals surface area contributed by atoms with Gasteiger partial charge in [0.25, 0.3) is 0 Å². The lowest BCUT2D eigenvalue weighted by molar-refractivity contribution is 0.134. The molecule has 4 rings (SSSR count). The molecule has 0 saturated heterocycles. The standard InChI is InChI=1S/C19H21NO/c21-19(16-10-8-14(9-11-16)13-6-7-13)17-5-1-3-15-4-2-12-20-18(15)17/h2,4,8-13,17,19,21H,1,3,5-7H2. The first-order valence-corrected chi connectivity index (χ1v) is 8.04. The van der Waals surface area contributed by atoms with E-state index in [-0.39, 0.29) is 5.92 Å². The number of pyridine rings is 1. The fourth-order valence-corrected chi connectivity index (χ4v) is 3.57. The lowest BCUT2D eigenvalue weighted by Gasteiger charge is -2.28. The fraction of sp³-hybridized carbons (Fsp3) is 0.421. The molecule has 1 saturated carbocycles. The molecule has 2 aromatic rings. The summed E-state index contributed by atoms with van der Waals surface area (Å²) in [6.07, 6.45) is 7.31. The first-order chi connectivity index (χ1) is 10.3. The van der Waals surface area contributed by atoms with Crippen molar-refractivity contribution in [2.75, 3.05) is 0 Å². The molecule has 2 nitrogen and oxygen atoms in total. The number of rotatable bonds is 3. The average molecular weight is 279 g/mol. The second kappa shape index (κ2) is 5.27. The van der Waals surface area contributed by atoms with Crippen LogP contribution in [-0.4, -0.2) is 10.1 Å². The van der Waals surface area contributed by atoms with Crippen LogP contribution in [0.15, 0.2) is 42.6 Å². The summed E-state index contributed by atoms with van der Waals surface area (Å²) in [6.45, 7) is 0. The van der Waals surface area contributed by atoms with Crippen molar-refractivity contribution >= 4 is 0 Å². The van der Waals surface area contributed by atoms with Crippen molar-refractivity contribution in [1.29, 1.82) is 0 Å². The van der Waals surface area contributed by atoms with E-state index >= 15 is 0 Å². The molecule has 2 aliphatic carbocycles. The number of aryl methyl sites for hydroxylation is 1. The zero-order chi connectivity index (χ0) is 14.2. The highest BCUT2D eigenvalue weighted by Crippen LogP contribution is 2.42. The molecule has 0 spiro atoms. The number of aliphatic hydroxyl groups excluding tert-OH is 1. The Labute approximate surface area is 125 Å². The smallest absolute Gasteiger partial charge is 0.0873 e. The summed E-state index contributed by atoms with van der Waals surface area (Å²) in [6, 6.07) is 12.7. The third-order valence-electron chi connectivity index (χ3n) is 4.95. The van der Waals surface area contributed by atoms with Crippen molar-refractivity contribution < 1.29 is 5.11 Å².